The zero-order valence-corrected chi connectivity index (χ0v) is 15.8. The summed E-state index contributed by atoms with van der Waals surface area (Å²) in [4.78, 5) is 45.4. The van der Waals surface area contributed by atoms with Crippen LogP contribution in [0.5, 0.6) is 0 Å². The molecule has 0 N–H and O–H groups in total. The van der Waals surface area contributed by atoms with Crippen molar-refractivity contribution in [2.75, 3.05) is 32.8 Å². The van der Waals surface area contributed by atoms with Crippen LogP contribution in [0.1, 0.15) is 17.4 Å². The Morgan fingerprint density at radius 1 is 1.14 bits per heavy atom. The van der Waals surface area contributed by atoms with Gasteiger partial charge in [0.1, 0.15) is 17.0 Å². The van der Waals surface area contributed by atoms with Gasteiger partial charge >= 0.3 is 6.09 Å². The minimum Gasteiger partial charge on any atom is -0.450 e. The molecular weight excluding hydrogens is 362 g/mol. The fraction of sp³-hybridized carbons (Fsp3) is 0.368. The molecule has 1 saturated heterocycles. The molecule has 0 atom stereocenters. The molecule has 28 heavy (non-hydrogen) atoms. The van der Waals surface area contributed by atoms with Crippen molar-refractivity contribution in [1.29, 1.82) is 0 Å². The van der Waals surface area contributed by atoms with E-state index in [9.17, 15) is 14.4 Å². The Morgan fingerprint density at radius 3 is 2.57 bits per heavy atom. The van der Waals surface area contributed by atoms with Crippen LogP contribution in [-0.2, 0) is 11.8 Å². The molecule has 9 heteroatoms. The number of nitrogens with zero attached hydrogens (tertiary/aromatic N) is 5. The lowest BCUT2D eigenvalue weighted by Gasteiger charge is -2.34. The average molecular weight is 383 g/mol. The minimum absolute atomic E-state index is 0.183. The molecule has 1 aliphatic heterocycles. The predicted molar refractivity (Wildman–Crippen MR) is 102 cm³/mol. The fourth-order valence-electron chi connectivity index (χ4n) is 3.49. The van der Waals surface area contributed by atoms with Gasteiger partial charge in [-0.25, -0.2) is 9.78 Å². The number of hydrogen-bond donors (Lipinski definition) is 0. The van der Waals surface area contributed by atoms with E-state index in [4.69, 9.17) is 4.74 Å². The van der Waals surface area contributed by atoms with E-state index in [-0.39, 0.29) is 17.6 Å². The Morgan fingerprint density at radius 2 is 1.86 bits per heavy atom. The molecule has 0 saturated carbocycles. The van der Waals surface area contributed by atoms with E-state index in [0.29, 0.717) is 55.2 Å². The van der Waals surface area contributed by atoms with Gasteiger partial charge in [0.25, 0.3) is 11.5 Å². The van der Waals surface area contributed by atoms with Gasteiger partial charge in [0.2, 0.25) is 0 Å². The third kappa shape index (κ3) is 2.88. The van der Waals surface area contributed by atoms with Crippen LogP contribution >= 0.6 is 0 Å². The summed E-state index contributed by atoms with van der Waals surface area (Å²) in [5.41, 5.74) is 1.20. The summed E-state index contributed by atoms with van der Waals surface area (Å²) < 4.78 is 8.13. The molecule has 0 aliphatic carbocycles. The van der Waals surface area contributed by atoms with E-state index in [0.717, 1.165) is 0 Å². The van der Waals surface area contributed by atoms with Gasteiger partial charge in [-0.2, -0.15) is 0 Å². The Balaban J connectivity index is 1.63. The molecule has 0 bridgehead atoms. The van der Waals surface area contributed by atoms with Crippen molar-refractivity contribution >= 4 is 28.7 Å². The summed E-state index contributed by atoms with van der Waals surface area (Å²) in [6.45, 7) is 3.74. The number of rotatable bonds is 2. The second kappa shape index (κ2) is 6.99. The summed E-state index contributed by atoms with van der Waals surface area (Å²) in [5, 5.41) is 0.403. The third-order valence-electron chi connectivity index (χ3n) is 5.02. The Bertz CT molecular complexity index is 1120. The van der Waals surface area contributed by atoms with E-state index >= 15 is 0 Å². The van der Waals surface area contributed by atoms with Gasteiger partial charge in [-0.05, 0) is 25.1 Å². The van der Waals surface area contributed by atoms with Crippen LogP contribution in [0.3, 0.4) is 0 Å². The maximum absolute atomic E-state index is 13.0. The molecule has 146 valence electrons. The Labute approximate surface area is 160 Å². The van der Waals surface area contributed by atoms with Crippen LogP contribution in [-0.4, -0.2) is 68.5 Å². The van der Waals surface area contributed by atoms with E-state index < -0.39 is 0 Å². The molecule has 0 unspecified atom stereocenters. The van der Waals surface area contributed by atoms with E-state index in [1.54, 1.807) is 52.7 Å². The molecular formula is C19H21N5O4. The number of pyridine rings is 1. The number of carbonyl (C=O) groups is 2. The molecule has 4 heterocycles. The highest BCUT2D eigenvalue weighted by Gasteiger charge is 2.27. The van der Waals surface area contributed by atoms with E-state index in [2.05, 4.69) is 4.98 Å². The van der Waals surface area contributed by atoms with Gasteiger partial charge < -0.3 is 19.1 Å². The van der Waals surface area contributed by atoms with Crippen molar-refractivity contribution in [2.24, 2.45) is 7.05 Å². The topological polar surface area (TPSA) is 89.2 Å². The van der Waals surface area contributed by atoms with Crippen molar-refractivity contribution in [2.45, 2.75) is 6.92 Å². The largest absolute Gasteiger partial charge is 0.450 e. The number of carbonyl (C=O) groups excluding carboxylic acids is 2. The molecule has 0 spiro atoms. The first kappa shape index (κ1) is 18.0. The van der Waals surface area contributed by atoms with Crippen molar-refractivity contribution < 1.29 is 14.3 Å². The van der Waals surface area contributed by atoms with Gasteiger partial charge in [0.05, 0.1) is 12.0 Å². The van der Waals surface area contributed by atoms with Gasteiger partial charge in [0, 0.05) is 39.4 Å². The van der Waals surface area contributed by atoms with Crippen molar-refractivity contribution in [3.8, 4) is 0 Å². The SMILES string of the molecule is CCOC(=O)N1CCN(C(=O)c2cc3c(=O)n4ccccc4nc3n2C)CC1. The van der Waals surface area contributed by atoms with Gasteiger partial charge in [-0.1, -0.05) is 6.07 Å². The summed E-state index contributed by atoms with van der Waals surface area (Å²) in [5.74, 6) is -0.183. The van der Waals surface area contributed by atoms with E-state index in [1.807, 2.05) is 6.07 Å². The van der Waals surface area contributed by atoms with Gasteiger partial charge in [-0.3, -0.25) is 14.0 Å². The molecule has 0 aromatic carbocycles. The summed E-state index contributed by atoms with van der Waals surface area (Å²) in [6.07, 6.45) is 1.30. The van der Waals surface area contributed by atoms with Crippen LogP contribution in [0, 0.1) is 0 Å². The highest BCUT2D eigenvalue weighted by atomic mass is 16.6. The molecule has 4 rings (SSSR count). The molecule has 0 radical (unpaired) electrons. The van der Waals surface area contributed by atoms with Crippen LogP contribution < -0.4 is 5.56 Å². The number of hydrogen-bond acceptors (Lipinski definition) is 5. The number of piperazine rings is 1. The third-order valence-corrected chi connectivity index (χ3v) is 5.02. The zero-order chi connectivity index (χ0) is 19.8. The number of fused-ring (bicyclic) bond motifs is 2. The van der Waals surface area contributed by atoms with Crippen molar-refractivity contribution in [3.05, 3.63) is 46.5 Å². The lowest BCUT2D eigenvalue weighted by atomic mass is 10.2. The second-order valence-corrected chi connectivity index (χ2v) is 6.65. The number of ether oxygens (including phenoxy) is 1. The lowest BCUT2D eigenvalue weighted by molar-refractivity contribution is 0.0563. The monoisotopic (exact) mass is 383 g/mol. The standard InChI is InChI=1S/C19H21N5O4/c1-3-28-19(27)23-10-8-22(9-11-23)18(26)14-12-13-16(21(14)2)20-15-6-4-5-7-24(15)17(13)25/h4-7,12H,3,8-11H2,1-2H3. The van der Waals surface area contributed by atoms with Gasteiger partial charge in [-0.15, -0.1) is 0 Å². The smallest absolute Gasteiger partial charge is 0.409 e. The molecule has 1 fully saturated rings. The Hall–Kier alpha value is -3.36. The summed E-state index contributed by atoms with van der Waals surface area (Å²) >= 11 is 0. The molecule has 3 aromatic rings. The quantitative estimate of drug-likeness (QED) is 0.661. The first-order valence-corrected chi connectivity index (χ1v) is 9.19. The lowest BCUT2D eigenvalue weighted by Crippen LogP contribution is -2.51. The molecule has 3 aromatic heterocycles. The number of amides is 2. The van der Waals surface area contributed by atoms with Crippen LogP contribution in [0.25, 0.3) is 16.7 Å². The number of aromatic nitrogens is 3. The minimum atomic E-state index is -0.358. The number of aryl methyl sites for hydroxylation is 1. The van der Waals surface area contributed by atoms with E-state index in [1.165, 1.54) is 4.40 Å². The Kier molecular flexibility index (Phi) is 4.50. The normalized spacial score (nSPS) is 14.6. The fourth-order valence-corrected chi connectivity index (χ4v) is 3.49. The van der Waals surface area contributed by atoms with Crippen LogP contribution in [0.2, 0.25) is 0 Å². The predicted octanol–water partition coefficient (Wildman–Crippen LogP) is 1.10. The average Bonchev–Trinajstić information content (AvgIpc) is 3.05. The highest BCUT2D eigenvalue weighted by Crippen LogP contribution is 2.17. The zero-order valence-electron chi connectivity index (χ0n) is 15.8. The molecule has 1 aliphatic rings. The van der Waals surface area contributed by atoms with Crippen LogP contribution in [0.15, 0.2) is 35.3 Å². The van der Waals surface area contributed by atoms with Crippen molar-refractivity contribution in [1.82, 2.24) is 23.8 Å². The molecule has 9 nitrogen and oxygen atoms in total. The first-order chi connectivity index (χ1) is 13.5. The maximum Gasteiger partial charge on any atom is 0.409 e. The van der Waals surface area contributed by atoms with Crippen LogP contribution in [0.4, 0.5) is 4.79 Å². The first-order valence-electron chi connectivity index (χ1n) is 9.19. The summed E-state index contributed by atoms with van der Waals surface area (Å²) in [7, 11) is 1.73. The van der Waals surface area contributed by atoms with Crippen molar-refractivity contribution in [3.63, 3.8) is 0 Å². The highest BCUT2D eigenvalue weighted by molar-refractivity contribution is 5.98. The maximum atomic E-state index is 13.0. The molecule has 2 amide bonds. The van der Waals surface area contributed by atoms with Gasteiger partial charge in [0.15, 0.2) is 0 Å². The second-order valence-electron chi connectivity index (χ2n) is 6.65. The summed E-state index contributed by atoms with van der Waals surface area (Å²) in [6, 6.07) is 6.93.